The Morgan fingerprint density at radius 1 is 0.946 bits per heavy atom. The number of hydrogen-bond donors (Lipinski definition) is 6. The van der Waals surface area contributed by atoms with E-state index in [-0.39, 0.29) is 23.7 Å². The number of furan rings is 1. The monoisotopic (exact) mass is 505 g/mol. The van der Waals surface area contributed by atoms with Gasteiger partial charge in [0.1, 0.15) is 11.8 Å². The Morgan fingerprint density at radius 3 is 2.30 bits per heavy atom. The van der Waals surface area contributed by atoms with Crippen molar-refractivity contribution < 1.29 is 44.3 Å². The van der Waals surface area contributed by atoms with Gasteiger partial charge in [0.05, 0.1) is 7.11 Å². The van der Waals surface area contributed by atoms with Crippen LogP contribution in [-0.4, -0.2) is 50.6 Å². The predicted molar refractivity (Wildman–Crippen MR) is 134 cm³/mol. The molecule has 4 aromatic rings. The second kappa shape index (κ2) is 10.2. The summed E-state index contributed by atoms with van der Waals surface area (Å²) in [5, 5.41) is 51.0. The summed E-state index contributed by atoms with van der Waals surface area (Å²) in [6, 6.07) is 11.9. The van der Waals surface area contributed by atoms with Crippen molar-refractivity contribution >= 4 is 28.9 Å². The molecule has 1 aromatic heterocycles. The maximum atomic E-state index is 12.5. The number of fused-ring (bicyclic) bond motifs is 1. The summed E-state index contributed by atoms with van der Waals surface area (Å²) in [6.07, 6.45) is 2.57. The molecular formula is C27H23NO9. The number of ether oxygens (including phenoxy) is 1. The highest BCUT2D eigenvalue weighted by molar-refractivity contribution is 5.99. The molecule has 1 amide bonds. The number of amides is 1. The molecule has 10 nitrogen and oxygen atoms in total. The van der Waals surface area contributed by atoms with Gasteiger partial charge in [0.2, 0.25) is 5.91 Å². The fraction of sp³-hybridized carbons (Fsp3) is 0.111. The van der Waals surface area contributed by atoms with Crippen molar-refractivity contribution in [2.45, 2.75) is 12.5 Å². The van der Waals surface area contributed by atoms with Crippen LogP contribution in [0.15, 0.2) is 65.1 Å². The summed E-state index contributed by atoms with van der Waals surface area (Å²) in [7, 11) is 1.48. The topological polar surface area (TPSA) is 170 Å². The molecule has 0 saturated carbocycles. The highest BCUT2D eigenvalue weighted by Crippen LogP contribution is 2.38. The molecule has 3 aromatic carbocycles. The lowest BCUT2D eigenvalue weighted by Gasteiger charge is -2.14. The maximum Gasteiger partial charge on any atom is 0.326 e. The summed E-state index contributed by atoms with van der Waals surface area (Å²) in [5.74, 6) is -2.40. The van der Waals surface area contributed by atoms with Gasteiger partial charge in [-0.3, -0.25) is 4.79 Å². The van der Waals surface area contributed by atoms with Crippen LogP contribution in [0.25, 0.3) is 28.4 Å². The van der Waals surface area contributed by atoms with Crippen LogP contribution in [0.4, 0.5) is 0 Å². The molecular weight excluding hydrogens is 482 g/mol. The number of aliphatic carboxylic acids is 1. The van der Waals surface area contributed by atoms with E-state index < -0.39 is 23.7 Å². The van der Waals surface area contributed by atoms with E-state index in [2.05, 4.69) is 5.32 Å². The molecule has 6 N–H and O–H groups in total. The first-order valence-corrected chi connectivity index (χ1v) is 11.0. The molecule has 1 heterocycles. The molecule has 0 saturated heterocycles. The summed E-state index contributed by atoms with van der Waals surface area (Å²) in [6.45, 7) is 0. The van der Waals surface area contributed by atoms with Gasteiger partial charge in [-0.05, 0) is 59.7 Å². The minimum atomic E-state index is -1.28. The molecule has 0 spiro atoms. The molecule has 0 fully saturated rings. The second-order valence-electron chi connectivity index (χ2n) is 8.17. The molecule has 10 heteroatoms. The first-order chi connectivity index (χ1) is 17.7. The van der Waals surface area contributed by atoms with Crippen LogP contribution in [0.5, 0.6) is 28.7 Å². The lowest BCUT2D eigenvalue weighted by atomic mass is 10.0. The summed E-state index contributed by atoms with van der Waals surface area (Å²) in [5.41, 5.74) is 1.89. The number of carboxylic acid groups (broad SMARTS) is 1. The minimum absolute atomic E-state index is 0.111. The number of nitrogens with one attached hydrogen (secondary N) is 1. The average molecular weight is 505 g/mol. The summed E-state index contributed by atoms with van der Waals surface area (Å²) < 4.78 is 11.3. The summed E-state index contributed by atoms with van der Waals surface area (Å²) >= 11 is 0. The van der Waals surface area contributed by atoms with Gasteiger partial charge in [0, 0.05) is 23.4 Å². The van der Waals surface area contributed by atoms with Crippen molar-refractivity contribution in [1.29, 1.82) is 0 Å². The van der Waals surface area contributed by atoms with Gasteiger partial charge in [-0.1, -0.05) is 12.1 Å². The van der Waals surface area contributed by atoms with Crippen molar-refractivity contribution in [2.75, 3.05) is 7.11 Å². The van der Waals surface area contributed by atoms with Gasteiger partial charge in [0.15, 0.2) is 34.3 Å². The molecule has 0 aliphatic heterocycles. The number of carbonyl (C=O) groups is 2. The Kier molecular flexibility index (Phi) is 6.92. The van der Waals surface area contributed by atoms with Crippen LogP contribution in [0.3, 0.4) is 0 Å². The number of hydrogen-bond acceptors (Lipinski definition) is 8. The van der Waals surface area contributed by atoms with Crippen LogP contribution >= 0.6 is 0 Å². The van der Waals surface area contributed by atoms with Gasteiger partial charge >= 0.3 is 5.97 Å². The number of aromatic hydroxyl groups is 4. The molecule has 190 valence electrons. The zero-order chi connectivity index (χ0) is 26.7. The van der Waals surface area contributed by atoms with Crippen molar-refractivity contribution in [3.05, 3.63) is 71.8 Å². The third kappa shape index (κ3) is 5.43. The van der Waals surface area contributed by atoms with Crippen LogP contribution in [-0.2, 0) is 16.0 Å². The molecule has 0 unspecified atom stereocenters. The third-order valence-corrected chi connectivity index (χ3v) is 5.67. The Morgan fingerprint density at radius 2 is 1.65 bits per heavy atom. The molecule has 0 bridgehead atoms. The zero-order valence-corrected chi connectivity index (χ0v) is 19.5. The maximum absolute atomic E-state index is 12.5. The minimum Gasteiger partial charge on any atom is -0.504 e. The summed E-state index contributed by atoms with van der Waals surface area (Å²) in [4.78, 5) is 24.2. The second-order valence-corrected chi connectivity index (χ2v) is 8.17. The fourth-order valence-corrected chi connectivity index (χ4v) is 3.76. The van der Waals surface area contributed by atoms with Crippen molar-refractivity contribution in [2.24, 2.45) is 0 Å². The quantitative estimate of drug-likeness (QED) is 0.154. The van der Waals surface area contributed by atoms with E-state index in [9.17, 15) is 35.1 Å². The molecule has 4 rings (SSSR count). The van der Waals surface area contributed by atoms with E-state index in [1.54, 1.807) is 24.3 Å². The van der Waals surface area contributed by atoms with Gasteiger partial charge in [-0.25, -0.2) is 4.79 Å². The highest BCUT2D eigenvalue weighted by atomic mass is 16.5. The Hall–Kier alpha value is -5.12. The van der Waals surface area contributed by atoms with Gasteiger partial charge < -0.3 is 40.0 Å². The zero-order valence-electron chi connectivity index (χ0n) is 19.5. The molecule has 0 radical (unpaired) electrons. The number of carbonyl (C=O) groups excluding carboxylic acids is 1. The average Bonchev–Trinajstić information content (AvgIpc) is 3.32. The standard InChI is InChI=1S/C27H23NO9/c1-36-23-8-4-15(17-13-24(37-26(17)23)16-3-7-20(30)22(32)12-16)5-9-25(33)28-18(27(34)35)10-14-2-6-19(29)21(31)11-14/h2-9,11-13,18,29-32H,10H2,1H3,(H,28,33)(H,34,35)/b9-5+/t18-/m0/s1. The van der Waals surface area contributed by atoms with Crippen molar-refractivity contribution in [3.63, 3.8) is 0 Å². The van der Waals surface area contributed by atoms with Crippen molar-refractivity contribution in [3.8, 4) is 40.1 Å². The highest BCUT2D eigenvalue weighted by Gasteiger charge is 2.20. The van der Waals surface area contributed by atoms with Crippen LogP contribution < -0.4 is 10.1 Å². The normalized spacial score (nSPS) is 12.0. The van der Waals surface area contributed by atoms with E-state index in [1.807, 2.05) is 0 Å². The third-order valence-electron chi connectivity index (χ3n) is 5.67. The van der Waals surface area contributed by atoms with E-state index in [1.165, 1.54) is 49.6 Å². The Labute approximate surface area is 210 Å². The number of methoxy groups -OCH3 is 1. The fourth-order valence-electron chi connectivity index (χ4n) is 3.76. The smallest absolute Gasteiger partial charge is 0.326 e. The van der Waals surface area contributed by atoms with Gasteiger partial charge in [-0.15, -0.1) is 0 Å². The number of phenolic OH excluding ortho intramolecular Hbond substituents is 4. The number of phenols is 4. The van der Waals surface area contributed by atoms with Crippen LogP contribution in [0.2, 0.25) is 0 Å². The van der Waals surface area contributed by atoms with Crippen LogP contribution in [0.1, 0.15) is 11.1 Å². The molecule has 1 atom stereocenters. The van der Waals surface area contributed by atoms with E-state index in [0.29, 0.717) is 39.2 Å². The molecule has 0 aliphatic carbocycles. The van der Waals surface area contributed by atoms with Crippen LogP contribution in [0, 0.1) is 0 Å². The molecule has 0 aliphatic rings. The lowest BCUT2D eigenvalue weighted by Crippen LogP contribution is -2.41. The first kappa shape index (κ1) is 25.0. The van der Waals surface area contributed by atoms with E-state index in [0.717, 1.165) is 0 Å². The number of rotatable bonds is 8. The number of carboxylic acids is 1. The lowest BCUT2D eigenvalue weighted by molar-refractivity contribution is -0.141. The number of benzene rings is 3. The SMILES string of the molecule is COc1ccc(/C=C/C(=O)N[C@@H](Cc2ccc(O)c(O)c2)C(=O)O)c2cc(-c3ccc(O)c(O)c3)oc12. The van der Waals surface area contributed by atoms with Gasteiger partial charge in [-0.2, -0.15) is 0 Å². The van der Waals surface area contributed by atoms with Gasteiger partial charge in [0.25, 0.3) is 0 Å². The van der Waals surface area contributed by atoms with E-state index in [4.69, 9.17) is 9.15 Å². The first-order valence-electron chi connectivity index (χ1n) is 11.0. The Balaban J connectivity index is 1.58. The van der Waals surface area contributed by atoms with E-state index >= 15 is 0 Å². The Bertz CT molecular complexity index is 1520. The van der Waals surface area contributed by atoms with Crippen molar-refractivity contribution in [1.82, 2.24) is 5.32 Å². The largest absolute Gasteiger partial charge is 0.504 e. The predicted octanol–water partition coefficient (Wildman–Crippen LogP) is 3.76. The molecule has 37 heavy (non-hydrogen) atoms.